The Labute approximate surface area is 193 Å². The van der Waals surface area contributed by atoms with Gasteiger partial charge in [-0.1, -0.05) is 46.7 Å². The van der Waals surface area contributed by atoms with Crippen molar-refractivity contribution in [1.82, 2.24) is 4.57 Å². The van der Waals surface area contributed by atoms with Crippen molar-refractivity contribution in [2.75, 3.05) is 0 Å². The van der Waals surface area contributed by atoms with Crippen molar-refractivity contribution < 1.29 is 8.78 Å². The van der Waals surface area contributed by atoms with Crippen molar-refractivity contribution in [2.45, 2.75) is 5.92 Å². The summed E-state index contributed by atoms with van der Waals surface area (Å²) in [5, 5.41) is 19.7. The first-order valence-corrected chi connectivity index (χ1v) is 10.5. The minimum atomic E-state index is -1.21. The topological polar surface area (TPSA) is 95.6 Å². The third-order valence-electron chi connectivity index (χ3n) is 4.98. The highest BCUT2D eigenvalue weighted by molar-refractivity contribution is 7.07. The van der Waals surface area contributed by atoms with E-state index in [1.165, 1.54) is 41.0 Å². The molecule has 0 amide bonds. The SMILES string of the molecule is N#CC1=C(N)n2c(sc(=O)/c2=C/c2c(F)cccc2Cl)=C(C#N)C1c1c(F)cccc1Cl. The van der Waals surface area contributed by atoms with Gasteiger partial charge in [-0.15, -0.1) is 0 Å². The summed E-state index contributed by atoms with van der Waals surface area (Å²) in [7, 11) is 0. The van der Waals surface area contributed by atoms with Gasteiger partial charge in [-0.3, -0.25) is 9.36 Å². The summed E-state index contributed by atoms with van der Waals surface area (Å²) < 4.78 is 29.8. The second kappa shape index (κ2) is 8.25. The maximum atomic E-state index is 14.7. The third kappa shape index (κ3) is 3.30. The van der Waals surface area contributed by atoms with E-state index in [0.717, 1.165) is 6.07 Å². The molecule has 0 spiro atoms. The van der Waals surface area contributed by atoms with E-state index in [1.54, 1.807) is 0 Å². The molecule has 0 bridgehead atoms. The van der Waals surface area contributed by atoms with Gasteiger partial charge in [-0.25, -0.2) is 8.78 Å². The number of thiazole rings is 1. The number of aromatic nitrogens is 1. The highest BCUT2D eigenvalue weighted by atomic mass is 35.5. The van der Waals surface area contributed by atoms with Gasteiger partial charge in [0.25, 0.3) is 4.74 Å². The molecule has 1 aliphatic rings. The Kier molecular flexibility index (Phi) is 5.62. The Morgan fingerprint density at radius 1 is 1.03 bits per heavy atom. The first-order chi connectivity index (χ1) is 15.3. The summed E-state index contributed by atoms with van der Waals surface area (Å²) in [6.45, 7) is 0. The summed E-state index contributed by atoms with van der Waals surface area (Å²) in [4.78, 5) is 12.8. The van der Waals surface area contributed by atoms with Crippen molar-refractivity contribution in [2.24, 2.45) is 5.73 Å². The van der Waals surface area contributed by atoms with Gasteiger partial charge in [-0.2, -0.15) is 10.5 Å². The van der Waals surface area contributed by atoms with Gasteiger partial charge in [0, 0.05) is 16.1 Å². The van der Waals surface area contributed by atoms with Gasteiger partial charge in [0.2, 0.25) is 0 Å². The summed E-state index contributed by atoms with van der Waals surface area (Å²) in [5.74, 6) is -2.80. The molecule has 1 unspecified atom stereocenters. The van der Waals surface area contributed by atoms with Gasteiger partial charge < -0.3 is 5.73 Å². The van der Waals surface area contributed by atoms with Gasteiger partial charge in [0.1, 0.15) is 27.5 Å². The molecule has 0 saturated heterocycles. The molecule has 0 saturated carbocycles. The molecule has 0 aliphatic carbocycles. The molecule has 2 heterocycles. The normalized spacial score (nSPS) is 16.0. The molecule has 10 heteroatoms. The molecule has 2 N–H and O–H groups in total. The van der Waals surface area contributed by atoms with Crippen LogP contribution in [0.2, 0.25) is 10.0 Å². The van der Waals surface area contributed by atoms with Gasteiger partial charge in [-0.05, 0) is 30.3 Å². The van der Waals surface area contributed by atoms with E-state index in [4.69, 9.17) is 28.9 Å². The van der Waals surface area contributed by atoms with Crippen molar-refractivity contribution in [3.05, 3.63) is 94.3 Å². The molecule has 1 aliphatic heterocycles. The van der Waals surface area contributed by atoms with Crippen LogP contribution in [-0.2, 0) is 0 Å². The fraction of sp³-hybridized carbons (Fsp3) is 0.0455. The fourth-order valence-corrected chi connectivity index (χ4v) is 5.04. The van der Waals surface area contributed by atoms with Crippen LogP contribution in [0.15, 0.2) is 46.8 Å². The third-order valence-corrected chi connectivity index (χ3v) is 6.63. The van der Waals surface area contributed by atoms with E-state index >= 15 is 0 Å². The van der Waals surface area contributed by atoms with E-state index in [9.17, 15) is 24.1 Å². The Balaban J connectivity index is 2.17. The molecule has 0 fully saturated rings. The lowest BCUT2D eigenvalue weighted by Gasteiger charge is -2.24. The average Bonchev–Trinajstić information content (AvgIpc) is 3.07. The second-order valence-electron chi connectivity index (χ2n) is 6.70. The van der Waals surface area contributed by atoms with Gasteiger partial charge in [0.05, 0.1) is 34.2 Å². The van der Waals surface area contributed by atoms with Crippen molar-refractivity contribution in [3.8, 4) is 12.1 Å². The molecule has 1 atom stereocenters. The molecular weight excluding hydrogens is 477 g/mol. The summed E-state index contributed by atoms with van der Waals surface area (Å²) in [6, 6.07) is 11.9. The second-order valence-corrected chi connectivity index (χ2v) is 8.48. The molecule has 5 nitrogen and oxygen atoms in total. The summed E-state index contributed by atoms with van der Waals surface area (Å²) >= 11 is 12.9. The number of allylic oxidation sites excluding steroid dienone is 1. The standard InChI is InChI=1S/C22H10Cl2F2N4OS/c23-13-3-1-5-15(25)10(13)7-17-22(31)32-21-12(9-28)18(11(8-27)20(29)30(17)21)19-14(24)4-2-6-16(19)26/h1-7,18H,29H2/b17-7-. The lowest BCUT2D eigenvalue weighted by atomic mass is 9.84. The molecule has 4 rings (SSSR count). The highest BCUT2D eigenvalue weighted by Gasteiger charge is 2.35. The maximum Gasteiger partial charge on any atom is 0.258 e. The van der Waals surface area contributed by atoms with Crippen LogP contribution in [0.5, 0.6) is 0 Å². The van der Waals surface area contributed by atoms with Crippen LogP contribution >= 0.6 is 34.5 Å². The predicted octanol–water partition coefficient (Wildman–Crippen LogP) is 3.45. The molecular formula is C22H10Cl2F2N4OS. The molecule has 3 aromatic rings. The van der Waals surface area contributed by atoms with Crippen molar-refractivity contribution >= 4 is 52.0 Å². The number of benzene rings is 2. The number of nitrogens with zero attached hydrogens (tertiary/aromatic N) is 3. The zero-order valence-corrected chi connectivity index (χ0v) is 18.2. The monoisotopic (exact) mass is 486 g/mol. The largest absolute Gasteiger partial charge is 0.384 e. The number of hydrogen-bond acceptors (Lipinski definition) is 5. The minimum Gasteiger partial charge on any atom is -0.384 e. The molecule has 0 radical (unpaired) electrons. The lowest BCUT2D eigenvalue weighted by Crippen LogP contribution is -2.39. The Morgan fingerprint density at radius 2 is 1.66 bits per heavy atom. The van der Waals surface area contributed by atoms with Gasteiger partial charge >= 0.3 is 0 Å². The Hall–Kier alpha value is -3.43. The van der Waals surface area contributed by atoms with Crippen LogP contribution in [0.25, 0.3) is 17.5 Å². The fourth-order valence-electron chi connectivity index (χ4n) is 3.56. The zero-order valence-electron chi connectivity index (χ0n) is 15.9. The maximum absolute atomic E-state index is 14.7. The predicted molar refractivity (Wildman–Crippen MR) is 119 cm³/mol. The Bertz CT molecular complexity index is 1550. The van der Waals surface area contributed by atoms with E-state index in [1.807, 2.05) is 12.1 Å². The number of nitriles is 2. The average molecular weight is 487 g/mol. The molecule has 158 valence electrons. The van der Waals surface area contributed by atoms with Crippen molar-refractivity contribution in [1.29, 1.82) is 10.5 Å². The smallest absolute Gasteiger partial charge is 0.258 e. The number of nitrogens with two attached hydrogens (primary N) is 1. The Morgan fingerprint density at radius 3 is 2.25 bits per heavy atom. The van der Waals surface area contributed by atoms with E-state index in [0.29, 0.717) is 11.3 Å². The van der Waals surface area contributed by atoms with Crippen LogP contribution in [0.3, 0.4) is 0 Å². The number of rotatable bonds is 2. The van der Waals surface area contributed by atoms with Crippen molar-refractivity contribution in [3.63, 3.8) is 0 Å². The first-order valence-electron chi connectivity index (χ1n) is 8.96. The van der Waals surface area contributed by atoms with Crippen LogP contribution in [0.4, 0.5) is 8.78 Å². The van der Waals surface area contributed by atoms with Crippen LogP contribution in [0, 0.1) is 34.3 Å². The van der Waals surface area contributed by atoms with E-state index < -0.39 is 22.3 Å². The van der Waals surface area contributed by atoms with Crippen LogP contribution < -0.4 is 20.5 Å². The number of hydrogen-bond donors (Lipinski definition) is 1. The highest BCUT2D eigenvalue weighted by Crippen LogP contribution is 2.40. The number of fused-ring (bicyclic) bond motifs is 1. The van der Waals surface area contributed by atoms with E-state index in [2.05, 4.69) is 0 Å². The summed E-state index contributed by atoms with van der Waals surface area (Å²) in [5.41, 5.74) is 5.85. The van der Waals surface area contributed by atoms with Crippen LogP contribution in [-0.4, -0.2) is 4.57 Å². The molecule has 2 aromatic carbocycles. The molecule has 32 heavy (non-hydrogen) atoms. The summed E-state index contributed by atoms with van der Waals surface area (Å²) in [6.07, 6.45) is 1.20. The number of halogens is 4. The quantitative estimate of drug-likeness (QED) is 0.599. The lowest BCUT2D eigenvalue weighted by molar-refractivity contribution is 0.609. The molecule has 1 aromatic heterocycles. The zero-order chi connectivity index (χ0) is 23.2. The van der Waals surface area contributed by atoms with Crippen LogP contribution in [0.1, 0.15) is 17.0 Å². The first kappa shape index (κ1) is 21.8. The van der Waals surface area contributed by atoms with E-state index in [-0.39, 0.29) is 48.2 Å². The minimum absolute atomic E-state index is 0.000535. The van der Waals surface area contributed by atoms with Gasteiger partial charge in [0.15, 0.2) is 0 Å².